The molecule has 2 saturated heterocycles. The van der Waals surface area contributed by atoms with Crippen LogP contribution in [0.25, 0.3) is 11.2 Å². The molecule has 1 saturated carbocycles. The second-order valence-corrected chi connectivity index (χ2v) is 9.91. The maximum absolute atomic E-state index is 12.7. The van der Waals surface area contributed by atoms with E-state index < -0.39 is 0 Å². The van der Waals surface area contributed by atoms with Crippen LogP contribution in [0.2, 0.25) is 0 Å². The van der Waals surface area contributed by atoms with Crippen LogP contribution in [-0.2, 0) is 4.74 Å². The SMILES string of the molecule is Cc1nn(C2CCCCO2)c2nc(N3CC4C(CN5C(=O)c6ccccc6C5=O)C4C3)cnc12. The molecule has 0 spiro atoms. The third-order valence-electron chi connectivity index (χ3n) is 7.95. The first-order valence-electron chi connectivity index (χ1n) is 12.1. The lowest BCUT2D eigenvalue weighted by Crippen LogP contribution is -2.34. The van der Waals surface area contributed by atoms with Gasteiger partial charge >= 0.3 is 0 Å². The first-order valence-corrected chi connectivity index (χ1v) is 12.1. The fourth-order valence-electron chi connectivity index (χ4n) is 6.03. The van der Waals surface area contributed by atoms with Gasteiger partial charge < -0.3 is 9.64 Å². The van der Waals surface area contributed by atoms with Crippen LogP contribution in [0, 0.1) is 24.7 Å². The minimum atomic E-state index is -0.160. The molecule has 3 aromatic rings. The van der Waals surface area contributed by atoms with Gasteiger partial charge in [0.15, 0.2) is 11.9 Å². The van der Waals surface area contributed by atoms with E-state index in [1.165, 1.54) is 4.90 Å². The third-order valence-corrected chi connectivity index (χ3v) is 7.95. The summed E-state index contributed by atoms with van der Waals surface area (Å²) in [6.07, 6.45) is 4.92. The van der Waals surface area contributed by atoms with Gasteiger partial charge in [0, 0.05) is 26.2 Å². The normalized spacial score (nSPS) is 28.0. The molecule has 9 heteroatoms. The molecule has 3 unspecified atom stereocenters. The molecule has 9 nitrogen and oxygen atoms in total. The smallest absolute Gasteiger partial charge is 0.261 e. The Morgan fingerprint density at radius 3 is 2.47 bits per heavy atom. The Hall–Kier alpha value is -3.33. The number of fused-ring (bicyclic) bond motifs is 3. The number of piperidine rings is 1. The quantitative estimate of drug-likeness (QED) is 0.555. The average molecular weight is 459 g/mol. The first kappa shape index (κ1) is 20.1. The van der Waals surface area contributed by atoms with Crippen molar-refractivity contribution in [3.05, 3.63) is 47.3 Å². The number of aryl methyl sites for hydroxylation is 1. The molecule has 0 N–H and O–H groups in total. The molecular weight excluding hydrogens is 432 g/mol. The van der Waals surface area contributed by atoms with Crippen LogP contribution < -0.4 is 4.90 Å². The van der Waals surface area contributed by atoms with Crippen molar-refractivity contribution in [1.82, 2.24) is 24.6 Å². The molecule has 7 rings (SSSR count). The van der Waals surface area contributed by atoms with E-state index in [0.717, 1.165) is 61.6 Å². The Balaban J connectivity index is 1.06. The molecule has 3 fully saturated rings. The fourth-order valence-corrected chi connectivity index (χ4v) is 6.03. The molecule has 1 aliphatic carbocycles. The fraction of sp³-hybridized carbons (Fsp3) is 0.480. The largest absolute Gasteiger partial charge is 0.356 e. The zero-order chi connectivity index (χ0) is 23.0. The summed E-state index contributed by atoms with van der Waals surface area (Å²) < 4.78 is 7.86. The van der Waals surface area contributed by atoms with Gasteiger partial charge in [-0.2, -0.15) is 5.10 Å². The maximum Gasteiger partial charge on any atom is 0.261 e. The topological polar surface area (TPSA) is 93.5 Å². The van der Waals surface area contributed by atoms with Crippen molar-refractivity contribution in [3.8, 4) is 0 Å². The summed E-state index contributed by atoms with van der Waals surface area (Å²) in [7, 11) is 0. The number of carbonyl (C=O) groups excluding carboxylic acids is 2. The summed E-state index contributed by atoms with van der Waals surface area (Å²) >= 11 is 0. The molecule has 0 radical (unpaired) electrons. The Labute approximate surface area is 196 Å². The van der Waals surface area contributed by atoms with E-state index in [-0.39, 0.29) is 18.0 Å². The molecule has 174 valence electrons. The van der Waals surface area contributed by atoms with E-state index in [2.05, 4.69) is 15.0 Å². The number of benzene rings is 1. The number of amides is 2. The highest BCUT2D eigenvalue weighted by molar-refractivity contribution is 6.21. The number of carbonyl (C=O) groups is 2. The molecular formula is C25H26N6O3. The molecule has 3 atom stereocenters. The van der Waals surface area contributed by atoms with Crippen LogP contribution in [0.1, 0.15) is 51.9 Å². The van der Waals surface area contributed by atoms with Crippen LogP contribution in [0.3, 0.4) is 0 Å². The van der Waals surface area contributed by atoms with Crippen molar-refractivity contribution in [2.45, 2.75) is 32.4 Å². The van der Waals surface area contributed by atoms with Crippen molar-refractivity contribution in [2.75, 3.05) is 31.1 Å². The highest BCUT2D eigenvalue weighted by Gasteiger charge is 2.57. The molecule has 2 amide bonds. The van der Waals surface area contributed by atoms with Crippen LogP contribution >= 0.6 is 0 Å². The van der Waals surface area contributed by atoms with E-state index in [1.807, 2.05) is 29.9 Å². The van der Waals surface area contributed by atoms with Crippen molar-refractivity contribution in [3.63, 3.8) is 0 Å². The second kappa shape index (κ2) is 7.33. The Morgan fingerprint density at radius 1 is 1.06 bits per heavy atom. The molecule has 0 bridgehead atoms. The lowest BCUT2D eigenvalue weighted by molar-refractivity contribution is -0.0371. The summed E-state index contributed by atoms with van der Waals surface area (Å²) in [5.41, 5.74) is 3.53. The zero-order valence-electron chi connectivity index (χ0n) is 19.1. The highest BCUT2D eigenvalue weighted by Crippen LogP contribution is 2.53. The number of aromatic nitrogens is 4. The first-order chi connectivity index (χ1) is 16.6. The molecule has 2 aromatic heterocycles. The van der Waals surface area contributed by atoms with Crippen LogP contribution in [0.5, 0.6) is 0 Å². The van der Waals surface area contributed by atoms with Crippen LogP contribution in [0.4, 0.5) is 5.82 Å². The summed E-state index contributed by atoms with van der Waals surface area (Å²) in [6.45, 7) is 4.95. The third kappa shape index (κ3) is 2.92. The number of anilines is 1. The molecule has 1 aromatic carbocycles. The van der Waals surface area contributed by atoms with E-state index in [9.17, 15) is 9.59 Å². The summed E-state index contributed by atoms with van der Waals surface area (Å²) in [4.78, 5) is 38.8. The number of nitrogens with zero attached hydrogens (tertiary/aromatic N) is 6. The van der Waals surface area contributed by atoms with E-state index in [4.69, 9.17) is 9.72 Å². The summed E-state index contributed by atoms with van der Waals surface area (Å²) in [6, 6.07) is 7.10. The van der Waals surface area contributed by atoms with Gasteiger partial charge in [0.05, 0.1) is 23.0 Å². The standard InChI is InChI=1S/C25H26N6O3/c1-14-22-23(31(28-14)21-8-4-5-9-34-21)27-20(10-26-22)29-11-17-18(12-29)19(17)13-30-24(32)15-6-2-3-7-16(15)25(30)33/h2-3,6-7,10,17-19,21H,4-5,8-9,11-13H2,1H3. The number of hydrogen-bond acceptors (Lipinski definition) is 7. The lowest BCUT2D eigenvalue weighted by Gasteiger charge is -2.24. The average Bonchev–Trinajstić information content (AvgIpc) is 3.16. The predicted molar refractivity (Wildman–Crippen MR) is 123 cm³/mol. The number of rotatable bonds is 4. The van der Waals surface area contributed by atoms with E-state index in [0.29, 0.717) is 35.4 Å². The monoisotopic (exact) mass is 458 g/mol. The zero-order valence-corrected chi connectivity index (χ0v) is 19.1. The highest BCUT2D eigenvalue weighted by atomic mass is 16.5. The Kier molecular flexibility index (Phi) is 4.33. The van der Waals surface area contributed by atoms with Gasteiger partial charge in [-0.25, -0.2) is 14.6 Å². The van der Waals surface area contributed by atoms with Gasteiger partial charge in [0.25, 0.3) is 11.8 Å². The van der Waals surface area contributed by atoms with Crippen molar-refractivity contribution >= 4 is 28.8 Å². The molecule has 5 heterocycles. The van der Waals surface area contributed by atoms with Crippen molar-refractivity contribution in [1.29, 1.82) is 0 Å². The molecule has 3 aliphatic heterocycles. The number of imide groups is 1. The number of ether oxygens (including phenoxy) is 1. The Morgan fingerprint density at radius 2 is 1.79 bits per heavy atom. The van der Waals surface area contributed by atoms with Gasteiger partial charge in [0.2, 0.25) is 0 Å². The maximum atomic E-state index is 12.7. The van der Waals surface area contributed by atoms with Gasteiger partial charge in [-0.3, -0.25) is 14.5 Å². The van der Waals surface area contributed by atoms with E-state index >= 15 is 0 Å². The van der Waals surface area contributed by atoms with Crippen molar-refractivity contribution < 1.29 is 14.3 Å². The minimum Gasteiger partial charge on any atom is -0.356 e. The minimum absolute atomic E-state index is 0.0782. The van der Waals surface area contributed by atoms with Gasteiger partial charge in [-0.05, 0) is 56.1 Å². The molecule has 34 heavy (non-hydrogen) atoms. The van der Waals surface area contributed by atoms with Gasteiger partial charge in [0.1, 0.15) is 11.3 Å². The van der Waals surface area contributed by atoms with Crippen LogP contribution in [-0.4, -0.2) is 62.7 Å². The lowest BCUT2D eigenvalue weighted by atomic mass is 10.1. The Bertz CT molecular complexity index is 1280. The van der Waals surface area contributed by atoms with Crippen molar-refractivity contribution in [2.24, 2.45) is 17.8 Å². The predicted octanol–water partition coefficient (Wildman–Crippen LogP) is 2.81. The molecule has 4 aliphatic rings. The van der Waals surface area contributed by atoms with Gasteiger partial charge in [-0.1, -0.05) is 12.1 Å². The number of hydrogen-bond donors (Lipinski definition) is 0. The van der Waals surface area contributed by atoms with Gasteiger partial charge in [-0.15, -0.1) is 0 Å². The van der Waals surface area contributed by atoms with E-state index in [1.54, 1.807) is 12.1 Å². The summed E-state index contributed by atoms with van der Waals surface area (Å²) in [5.74, 6) is 1.83. The van der Waals surface area contributed by atoms with Crippen LogP contribution in [0.15, 0.2) is 30.5 Å². The second-order valence-electron chi connectivity index (χ2n) is 9.91. The summed E-state index contributed by atoms with van der Waals surface area (Å²) in [5, 5.41) is 4.68.